The molecule has 0 atom stereocenters. The van der Waals surface area contributed by atoms with Crippen molar-refractivity contribution in [2.24, 2.45) is 0 Å². The van der Waals surface area contributed by atoms with Gasteiger partial charge in [-0.2, -0.15) is 0 Å². The maximum atomic E-state index is 10.4. The van der Waals surface area contributed by atoms with Crippen LogP contribution in [0, 0.1) is 12.3 Å². The largest absolute Gasteiger partial charge is 0.511 e. The first-order valence-corrected chi connectivity index (χ1v) is 4.61. The van der Waals surface area contributed by atoms with Gasteiger partial charge >= 0.3 is 6.16 Å². The van der Waals surface area contributed by atoms with Gasteiger partial charge in [-0.3, -0.25) is 0 Å². The van der Waals surface area contributed by atoms with Gasteiger partial charge < -0.3 is 14.6 Å². The zero-order chi connectivity index (χ0) is 12.2. The van der Waals surface area contributed by atoms with Crippen molar-refractivity contribution in [2.75, 3.05) is 0 Å². The van der Waals surface area contributed by atoms with E-state index in [0.717, 1.165) is 0 Å². The summed E-state index contributed by atoms with van der Waals surface area (Å²) in [6.07, 6.45) is 3.88. The quantitative estimate of drug-likeness (QED) is 0.483. The topological polar surface area (TPSA) is 55.8 Å². The van der Waals surface area contributed by atoms with Crippen molar-refractivity contribution in [1.82, 2.24) is 0 Å². The summed E-state index contributed by atoms with van der Waals surface area (Å²) < 4.78 is 10.0. The van der Waals surface area contributed by atoms with E-state index in [4.69, 9.17) is 16.3 Å². The summed E-state index contributed by atoms with van der Waals surface area (Å²) in [5, 5.41) is 8.53. The van der Waals surface area contributed by atoms with Crippen LogP contribution >= 0.6 is 0 Å². The fourth-order valence-electron chi connectivity index (χ4n) is 1.02. The number of ether oxygens (including phenoxy) is 2. The van der Waals surface area contributed by atoms with Crippen molar-refractivity contribution in [3.8, 4) is 23.8 Å². The molecular formula is C12H12O4. The number of rotatable bonds is 3. The lowest BCUT2D eigenvalue weighted by Gasteiger charge is -2.21. The molecule has 1 N–H and O–H groups in total. The van der Waals surface area contributed by atoms with Crippen molar-refractivity contribution in [1.29, 1.82) is 0 Å². The zero-order valence-corrected chi connectivity index (χ0v) is 9.06. The normalized spacial score (nSPS) is 10.3. The molecule has 1 aromatic carbocycles. The van der Waals surface area contributed by atoms with Gasteiger partial charge in [0.2, 0.25) is 0 Å². The molecule has 0 fully saturated rings. The Labute approximate surface area is 93.8 Å². The molecule has 1 aromatic rings. The molecular weight excluding hydrogens is 208 g/mol. The van der Waals surface area contributed by atoms with E-state index in [-0.39, 0.29) is 5.75 Å². The molecule has 0 radical (unpaired) electrons. The highest BCUT2D eigenvalue weighted by Crippen LogP contribution is 2.29. The van der Waals surface area contributed by atoms with Crippen LogP contribution in [0.5, 0.6) is 11.5 Å². The monoisotopic (exact) mass is 220 g/mol. The second-order valence-corrected chi connectivity index (χ2v) is 3.57. The molecule has 0 bridgehead atoms. The van der Waals surface area contributed by atoms with Gasteiger partial charge in [0, 0.05) is 0 Å². The maximum Gasteiger partial charge on any atom is 0.511 e. The molecule has 0 amide bonds. The predicted molar refractivity (Wildman–Crippen MR) is 58.6 cm³/mol. The molecule has 0 heterocycles. The first-order chi connectivity index (χ1) is 7.44. The molecule has 0 spiro atoms. The molecule has 1 rings (SSSR count). The van der Waals surface area contributed by atoms with Crippen LogP contribution < -0.4 is 9.47 Å². The fraction of sp³-hybridized carbons (Fsp3) is 0.250. The molecule has 0 unspecified atom stereocenters. The molecule has 0 saturated heterocycles. The van der Waals surface area contributed by atoms with Gasteiger partial charge in [-0.1, -0.05) is 18.1 Å². The predicted octanol–water partition coefficient (Wildman–Crippen LogP) is 2.53. The highest BCUT2D eigenvalue weighted by atomic mass is 16.7. The first kappa shape index (κ1) is 11.9. The van der Waals surface area contributed by atoms with Crippen LogP contribution in [0.3, 0.4) is 0 Å². The maximum absolute atomic E-state index is 10.4. The summed E-state index contributed by atoms with van der Waals surface area (Å²) >= 11 is 0. The SMILES string of the molecule is C#CC(C)(C)Oc1ccccc1OC(=O)O. The van der Waals surface area contributed by atoms with Gasteiger partial charge in [0.05, 0.1) is 0 Å². The van der Waals surface area contributed by atoms with Crippen molar-refractivity contribution in [2.45, 2.75) is 19.4 Å². The van der Waals surface area contributed by atoms with Crippen molar-refractivity contribution in [3.63, 3.8) is 0 Å². The van der Waals surface area contributed by atoms with Crippen LogP contribution in [-0.2, 0) is 0 Å². The lowest BCUT2D eigenvalue weighted by Crippen LogP contribution is -2.25. The molecule has 0 aliphatic rings. The summed E-state index contributed by atoms with van der Waals surface area (Å²) in [6.45, 7) is 3.40. The number of hydrogen-bond acceptors (Lipinski definition) is 3. The Kier molecular flexibility index (Phi) is 3.41. The minimum atomic E-state index is -1.39. The van der Waals surface area contributed by atoms with Crippen LogP contribution in [0.4, 0.5) is 4.79 Å². The Morgan fingerprint density at radius 1 is 1.38 bits per heavy atom. The molecule has 4 heteroatoms. The average molecular weight is 220 g/mol. The van der Waals surface area contributed by atoms with Gasteiger partial charge in [0.1, 0.15) is 0 Å². The number of carboxylic acid groups (broad SMARTS) is 1. The third kappa shape index (κ3) is 3.21. The Morgan fingerprint density at radius 3 is 2.44 bits per heavy atom. The molecule has 84 valence electrons. The van der Waals surface area contributed by atoms with Crippen molar-refractivity contribution < 1.29 is 19.4 Å². The molecule has 0 aromatic heterocycles. The Bertz CT molecular complexity index is 429. The van der Waals surface area contributed by atoms with Gasteiger partial charge in [0.25, 0.3) is 0 Å². The van der Waals surface area contributed by atoms with Crippen LogP contribution in [0.1, 0.15) is 13.8 Å². The molecule has 0 aliphatic heterocycles. The van der Waals surface area contributed by atoms with Gasteiger partial charge in [0.15, 0.2) is 17.1 Å². The minimum absolute atomic E-state index is 0.123. The average Bonchev–Trinajstić information content (AvgIpc) is 2.20. The summed E-state index contributed by atoms with van der Waals surface area (Å²) in [7, 11) is 0. The van der Waals surface area contributed by atoms with Crippen molar-refractivity contribution in [3.05, 3.63) is 24.3 Å². The number of hydrogen-bond donors (Lipinski definition) is 1. The van der Waals surface area contributed by atoms with E-state index in [2.05, 4.69) is 10.7 Å². The second-order valence-electron chi connectivity index (χ2n) is 3.57. The Balaban J connectivity index is 2.96. The summed E-state index contributed by atoms with van der Waals surface area (Å²) in [5.41, 5.74) is -0.821. The molecule has 4 nitrogen and oxygen atoms in total. The fourth-order valence-corrected chi connectivity index (χ4v) is 1.02. The van der Waals surface area contributed by atoms with Crippen LogP contribution in [-0.4, -0.2) is 16.9 Å². The van der Waals surface area contributed by atoms with Crippen LogP contribution in [0.15, 0.2) is 24.3 Å². The molecule has 16 heavy (non-hydrogen) atoms. The van der Waals surface area contributed by atoms with Gasteiger partial charge in [-0.05, 0) is 26.0 Å². The van der Waals surface area contributed by atoms with E-state index in [1.807, 2.05) is 0 Å². The highest BCUT2D eigenvalue weighted by molar-refractivity contribution is 5.63. The zero-order valence-electron chi connectivity index (χ0n) is 9.06. The second kappa shape index (κ2) is 4.58. The van der Waals surface area contributed by atoms with E-state index in [0.29, 0.717) is 5.75 Å². The Morgan fingerprint density at radius 2 is 1.94 bits per heavy atom. The van der Waals surface area contributed by atoms with Gasteiger partial charge in [-0.25, -0.2) is 4.79 Å². The van der Waals surface area contributed by atoms with E-state index in [9.17, 15) is 4.79 Å². The van der Waals surface area contributed by atoms with Crippen LogP contribution in [0.2, 0.25) is 0 Å². The Hall–Kier alpha value is -2.15. The summed E-state index contributed by atoms with van der Waals surface area (Å²) in [5.74, 6) is 2.87. The van der Waals surface area contributed by atoms with Crippen molar-refractivity contribution >= 4 is 6.16 Å². The van der Waals surface area contributed by atoms with E-state index >= 15 is 0 Å². The standard InChI is InChI=1S/C12H12O4/c1-4-12(2,3)16-10-8-6-5-7-9(10)15-11(13)14/h1,5-8H,2-3H3,(H,13,14). The van der Waals surface area contributed by atoms with Gasteiger partial charge in [-0.15, -0.1) is 6.42 Å². The third-order valence-electron chi connectivity index (χ3n) is 1.76. The van der Waals surface area contributed by atoms with E-state index in [1.54, 1.807) is 32.0 Å². The van der Waals surface area contributed by atoms with E-state index < -0.39 is 11.8 Å². The smallest absolute Gasteiger partial charge is 0.471 e. The number of carbonyl (C=O) groups is 1. The number of terminal acetylenes is 1. The summed E-state index contributed by atoms with van der Waals surface area (Å²) in [6, 6.07) is 6.44. The molecule has 0 aliphatic carbocycles. The van der Waals surface area contributed by atoms with E-state index in [1.165, 1.54) is 6.07 Å². The first-order valence-electron chi connectivity index (χ1n) is 4.61. The number of benzene rings is 1. The lowest BCUT2D eigenvalue weighted by molar-refractivity contribution is 0.133. The summed E-state index contributed by atoms with van der Waals surface area (Å²) in [4.78, 5) is 10.4. The number of para-hydroxylation sites is 2. The van der Waals surface area contributed by atoms with Crippen LogP contribution in [0.25, 0.3) is 0 Å². The minimum Gasteiger partial charge on any atom is -0.471 e. The third-order valence-corrected chi connectivity index (χ3v) is 1.76. The lowest BCUT2D eigenvalue weighted by atomic mass is 10.1. The highest BCUT2D eigenvalue weighted by Gasteiger charge is 2.18. The molecule has 0 saturated carbocycles.